The molecule has 0 spiro atoms. The van der Waals surface area contributed by atoms with Crippen LogP contribution in [0.1, 0.15) is 0 Å². The van der Waals surface area contributed by atoms with E-state index in [1.807, 2.05) is 30.3 Å². The third-order valence-corrected chi connectivity index (χ3v) is 3.70. The van der Waals surface area contributed by atoms with Gasteiger partial charge in [-0.3, -0.25) is 0 Å². The predicted octanol–water partition coefficient (Wildman–Crippen LogP) is 6.67. The maximum absolute atomic E-state index is 3.06. The molecule has 0 aliphatic rings. The first-order valence-corrected chi connectivity index (χ1v) is 12.5. The van der Waals surface area contributed by atoms with Gasteiger partial charge in [0.05, 0.1) is 0 Å². The van der Waals surface area contributed by atoms with Gasteiger partial charge in [0, 0.05) is 0 Å². The van der Waals surface area contributed by atoms with Crippen molar-refractivity contribution >= 4 is 28.4 Å². The van der Waals surface area contributed by atoms with Crippen LogP contribution in [-0.4, -0.2) is 6.88 Å². The fourth-order valence-electron chi connectivity index (χ4n) is 2.48. The summed E-state index contributed by atoms with van der Waals surface area (Å²) in [6.07, 6.45) is 0. The molecule has 2 heteroatoms. The first-order valence-electron chi connectivity index (χ1n) is 8.30. The van der Waals surface area contributed by atoms with E-state index < -0.39 is 0 Å². The van der Waals surface area contributed by atoms with Crippen molar-refractivity contribution in [2.24, 2.45) is 0 Å². The van der Waals surface area contributed by atoms with Gasteiger partial charge in [0.25, 0.3) is 0 Å². The molecular formula is C25H22SiZr-4. The molecule has 0 aliphatic heterocycles. The van der Waals surface area contributed by atoms with Crippen molar-refractivity contribution in [1.82, 2.24) is 0 Å². The van der Waals surface area contributed by atoms with Crippen LogP contribution in [0.4, 0.5) is 0 Å². The molecule has 134 valence electrons. The van der Waals surface area contributed by atoms with E-state index in [4.69, 9.17) is 0 Å². The monoisotopic (exact) mass is 440 g/mol. The van der Waals surface area contributed by atoms with E-state index in [-0.39, 0.29) is 7.43 Å². The molecule has 0 heterocycles. The van der Waals surface area contributed by atoms with Crippen LogP contribution >= 0.6 is 0 Å². The molecule has 0 atom stereocenters. The Morgan fingerprint density at radius 1 is 0.593 bits per heavy atom. The standard InChI is InChI=1S/2C9H7.C6H5.CH3.Si.Zr/c2*1-2-5-9-7-3-6-8(9)4-1;1-2-4-6-5-3-1;;;/h2*1-7H;1-5H;1H3;;/q4*-1;;. The summed E-state index contributed by atoms with van der Waals surface area (Å²) in [4.78, 5) is 0. The first kappa shape index (κ1) is 23.0. The maximum Gasteiger partial charge on any atom is -0.0809 e. The first-order chi connectivity index (χ1) is 12.9. The van der Waals surface area contributed by atoms with Gasteiger partial charge in [-0.05, 0) is 0 Å². The van der Waals surface area contributed by atoms with Crippen molar-refractivity contribution < 1.29 is 23.3 Å². The van der Waals surface area contributed by atoms with Crippen LogP contribution in [0, 0.1) is 13.5 Å². The molecule has 0 aliphatic carbocycles. The summed E-state index contributed by atoms with van der Waals surface area (Å²) >= 11 is 1.36. The number of fused-ring (bicyclic) bond motifs is 2. The number of rotatable bonds is 0. The molecule has 5 aromatic rings. The topological polar surface area (TPSA) is 0 Å². The maximum atomic E-state index is 3.06. The number of hydrogen-bond acceptors (Lipinski definition) is 0. The van der Waals surface area contributed by atoms with Crippen LogP contribution in [0.25, 0.3) is 21.5 Å². The van der Waals surface area contributed by atoms with Crippen LogP contribution in [0.3, 0.4) is 0 Å². The van der Waals surface area contributed by atoms with Crippen LogP contribution in [-0.2, 0) is 23.3 Å². The van der Waals surface area contributed by atoms with E-state index in [2.05, 4.69) is 97.9 Å². The average Bonchev–Trinajstić information content (AvgIpc) is 3.41. The normalized spacial score (nSPS) is 8.70. The smallest absolute Gasteiger partial charge is 0.0809 e. The van der Waals surface area contributed by atoms with Crippen LogP contribution in [0.2, 0.25) is 0 Å². The predicted molar refractivity (Wildman–Crippen MR) is 117 cm³/mol. The molecule has 0 fully saturated rings. The van der Waals surface area contributed by atoms with Crippen molar-refractivity contribution in [3.8, 4) is 0 Å². The second-order valence-corrected chi connectivity index (χ2v) is 5.39. The van der Waals surface area contributed by atoms with Crippen LogP contribution in [0.15, 0.2) is 115 Å². The van der Waals surface area contributed by atoms with Crippen molar-refractivity contribution in [3.63, 3.8) is 0 Å². The van der Waals surface area contributed by atoms with E-state index in [1.165, 1.54) is 44.9 Å². The minimum Gasteiger partial charge on any atom is -0.184 e. The Bertz CT molecular complexity index is 829. The largest absolute Gasteiger partial charge is 0.184 e. The van der Waals surface area contributed by atoms with Crippen LogP contribution < -0.4 is 0 Å². The Morgan fingerprint density at radius 3 is 1.37 bits per heavy atom. The summed E-state index contributed by atoms with van der Waals surface area (Å²) in [6.45, 7) is 3.06. The van der Waals surface area contributed by atoms with E-state index in [9.17, 15) is 0 Å². The SMILES string of the molecule is [CH3-].[Si]=[Zr].[c-]1ccccc1.c1ccc2[cH-]ccc2c1.c1ccc2[cH-]ccc2c1. The van der Waals surface area contributed by atoms with Crippen molar-refractivity contribution in [3.05, 3.63) is 129 Å². The van der Waals surface area contributed by atoms with Gasteiger partial charge in [-0.2, -0.15) is 71.4 Å². The molecular weight excluding hydrogens is 420 g/mol. The Morgan fingerprint density at radius 2 is 1.04 bits per heavy atom. The summed E-state index contributed by atoms with van der Waals surface area (Å²) in [6, 6.07) is 41.8. The summed E-state index contributed by atoms with van der Waals surface area (Å²) in [5, 5.41) is 5.32. The fourth-order valence-corrected chi connectivity index (χ4v) is 2.48. The zero-order chi connectivity index (χ0) is 18.5. The summed E-state index contributed by atoms with van der Waals surface area (Å²) in [5.41, 5.74) is 0. The Hall–Kier alpha value is -2.02. The Kier molecular flexibility index (Phi) is 12.0. The molecule has 5 rings (SSSR count). The molecule has 0 unspecified atom stereocenters. The van der Waals surface area contributed by atoms with E-state index in [0.717, 1.165) is 0 Å². The zero-order valence-electron chi connectivity index (χ0n) is 15.5. The third kappa shape index (κ3) is 8.03. The van der Waals surface area contributed by atoms with Gasteiger partial charge in [-0.25, -0.2) is 0 Å². The summed E-state index contributed by atoms with van der Waals surface area (Å²) < 4.78 is 0. The molecule has 0 saturated carbocycles. The van der Waals surface area contributed by atoms with E-state index in [1.54, 1.807) is 0 Å². The molecule has 0 saturated heterocycles. The molecule has 0 aromatic heterocycles. The fraction of sp³-hybridized carbons (Fsp3) is 0. The quantitative estimate of drug-likeness (QED) is 0.186. The zero-order valence-corrected chi connectivity index (χ0v) is 18.9. The van der Waals surface area contributed by atoms with Crippen molar-refractivity contribution in [1.29, 1.82) is 0 Å². The molecule has 0 N–H and O–H groups in total. The van der Waals surface area contributed by atoms with Gasteiger partial charge in [0.15, 0.2) is 0 Å². The average molecular weight is 442 g/mol. The number of hydrogen-bond donors (Lipinski definition) is 0. The minimum atomic E-state index is 0. The van der Waals surface area contributed by atoms with Gasteiger partial charge in [0.2, 0.25) is 0 Å². The molecule has 0 nitrogen and oxygen atoms in total. The van der Waals surface area contributed by atoms with Crippen LogP contribution in [0.5, 0.6) is 0 Å². The van der Waals surface area contributed by atoms with E-state index in [0.29, 0.717) is 0 Å². The molecule has 5 aromatic carbocycles. The molecule has 2 radical (unpaired) electrons. The minimum absolute atomic E-state index is 0. The van der Waals surface area contributed by atoms with Gasteiger partial charge >= 0.3 is 30.2 Å². The second kappa shape index (κ2) is 14.1. The molecule has 0 amide bonds. The Balaban J connectivity index is 0.000000194. The summed E-state index contributed by atoms with van der Waals surface area (Å²) in [7, 11) is 0. The van der Waals surface area contributed by atoms with Gasteiger partial charge in [0.1, 0.15) is 0 Å². The van der Waals surface area contributed by atoms with Crippen molar-refractivity contribution in [2.75, 3.05) is 0 Å². The Labute approximate surface area is 179 Å². The van der Waals surface area contributed by atoms with Gasteiger partial charge < -0.3 is 7.43 Å². The second-order valence-electron chi connectivity index (χ2n) is 5.39. The van der Waals surface area contributed by atoms with E-state index >= 15 is 0 Å². The molecule has 0 bridgehead atoms. The summed E-state index contributed by atoms with van der Waals surface area (Å²) in [5.74, 6) is 0. The van der Waals surface area contributed by atoms with Gasteiger partial charge in [-0.1, -0.05) is 12.1 Å². The van der Waals surface area contributed by atoms with Gasteiger partial charge in [-0.15, -0.1) is 59.3 Å². The van der Waals surface area contributed by atoms with Crippen molar-refractivity contribution in [2.45, 2.75) is 0 Å². The third-order valence-electron chi connectivity index (χ3n) is 3.70. The molecule has 27 heavy (non-hydrogen) atoms. The number of benzene rings is 3.